The summed E-state index contributed by atoms with van der Waals surface area (Å²) in [6.45, 7) is 6.11. The quantitative estimate of drug-likeness (QED) is 0.628. The number of halogens is 1. The summed E-state index contributed by atoms with van der Waals surface area (Å²) >= 11 is 5.26. The number of thioether (sulfide) groups is 1. The molecule has 16 heavy (non-hydrogen) atoms. The predicted molar refractivity (Wildman–Crippen MR) is 76.9 cm³/mol. The first-order valence-electron chi connectivity index (χ1n) is 5.42. The fourth-order valence-corrected chi connectivity index (χ4v) is 2.79. The molecule has 0 aliphatic rings. The van der Waals surface area contributed by atoms with Crippen LogP contribution >= 0.6 is 27.7 Å². The molecule has 0 fully saturated rings. The molecule has 0 aromatic heterocycles. The van der Waals surface area contributed by atoms with Crippen molar-refractivity contribution in [3.63, 3.8) is 0 Å². The topological polar surface area (TPSA) is 26.0 Å². The first kappa shape index (κ1) is 13.8. The molecule has 0 radical (unpaired) electrons. The zero-order valence-corrected chi connectivity index (χ0v) is 12.0. The van der Waals surface area contributed by atoms with Crippen LogP contribution in [-0.4, -0.2) is 11.8 Å². The van der Waals surface area contributed by atoms with Crippen molar-refractivity contribution >= 4 is 27.7 Å². The Labute approximate surface area is 111 Å². The van der Waals surface area contributed by atoms with E-state index in [1.165, 1.54) is 10.5 Å². The number of hydrogen-bond acceptors (Lipinski definition) is 2. The SMILES string of the molecule is C=C(CC)CC(N)CSc1cccc(Br)c1. The molecule has 0 bridgehead atoms. The molecule has 1 unspecified atom stereocenters. The average molecular weight is 300 g/mol. The van der Waals surface area contributed by atoms with Gasteiger partial charge in [-0.3, -0.25) is 0 Å². The van der Waals surface area contributed by atoms with Gasteiger partial charge >= 0.3 is 0 Å². The van der Waals surface area contributed by atoms with E-state index in [2.05, 4.69) is 41.6 Å². The fraction of sp³-hybridized carbons (Fsp3) is 0.385. The van der Waals surface area contributed by atoms with E-state index in [1.54, 1.807) is 11.8 Å². The van der Waals surface area contributed by atoms with E-state index in [-0.39, 0.29) is 6.04 Å². The van der Waals surface area contributed by atoms with E-state index >= 15 is 0 Å². The molecule has 88 valence electrons. The highest BCUT2D eigenvalue weighted by molar-refractivity contribution is 9.10. The van der Waals surface area contributed by atoms with Crippen LogP contribution in [0.1, 0.15) is 19.8 Å². The summed E-state index contributed by atoms with van der Waals surface area (Å²) in [7, 11) is 0. The van der Waals surface area contributed by atoms with E-state index in [4.69, 9.17) is 5.73 Å². The molecule has 0 heterocycles. The Morgan fingerprint density at radius 3 is 2.94 bits per heavy atom. The normalized spacial score (nSPS) is 12.4. The molecular weight excluding hydrogens is 282 g/mol. The minimum atomic E-state index is 0.205. The van der Waals surface area contributed by atoms with Crippen LogP contribution in [0.2, 0.25) is 0 Å². The van der Waals surface area contributed by atoms with Crippen molar-refractivity contribution < 1.29 is 0 Å². The molecule has 0 aliphatic carbocycles. The Morgan fingerprint density at radius 2 is 2.31 bits per heavy atom. The second-order valence-electron chi connectivity index (χ2n) is 3.84. The molecule has 3 heteroatoms. The van der Waals surface area contributed by atoms with Gasteiger partial charge in [-0.2, -0.15) is 0 Å². The molecule has 1 aromatic rings. The Bertz CT molecular complexity index is 352. The monoisotopic (exact) mass is 299 g/mol. The van der Waals surface area contributed by atoms with Gasteiger partial charge in [0.05, 0.1) is 0 Å². The van der Waals surface area contributed by atoms with E-state index in [9.17, 15) is 0 Å². The third-order valence-electron chi connectivity index (χ3n) is 2.31. The van der Waals surface area contributed by atoms with Crippen molar-refractivity contribution in [1.29, 1.82) is 0 Å². The Morgan fingerprint density at radius 1 is 1.56 bits per heavy atom. The summed E-state index contributed by atoms with van der Waals surface area (Å²) in [5, 5.41) is 0. The molecule has 0 amide bonds. The van der Waals surface area contributed by atoms with Crippen molar-refractivity contribution in [2.45, 2.75) is 30.7 Å². The van der Waals surface area contributed by atoms with Gasteiger partial charge in [0.2, 0.25) is 0 Å². The lowest BCUT2D eigenvalue weighted by Crippen LogP contribution is -2.23. The maximum Gasteiger partial charge on any atom is 0.0186 e. The van der Waals surface area contributed by atoms with E-state index < -0.39 is 0 Å². The Balaban J connectivity index is 2.37. The first-order chi connectivity index (χ1) is 7.61. The predicted octanol–water partition coefficient (Wildman–Crippen LogP) is 4.22. The van der Waals surface area contributed by atoms with Crippen LogP contribution in [0.5, 0.6) is 0 Å². The van der Waals surface area contributed by atoms with Gasteiger partial charge in [-0.15, -0.1) is 11.8 Å². The maximum absolute atomic E-state index is 6.04. The van der Waals surface area contributed by atoms with Crippen molar-refractivity contribution in [3.05, 3.63) is 40.9 Å². The summed E-state index contributed by atoms with van der Waals surface area (Å²) in [4.78, 5) is 1.26. The minimum absolute atomic E-state index is 0.205. The van der Waals surface area contributed by atoms with Crippen molar-refractivity contribution in [1.82, 2.24) is 0 Å². The maximum atomic E-state index is 6.04. The van der Waals surface area contributed by atoms with E-state index in [0.29, 0.717) is 0 Å². The number of rotatable bonds is 6. The zero-order valence-electron chi connectivity index (χ0n) is 9.58. The van der Waals surface area contributed by atoms with Gasteiger partial charge in [0.15, 0.2) is 0 Å². The minimum Gasteiger partial charge on any atom is -0.327 e. The number of nitrogens with two attached hydrogens (primary N) is 1. The lowest BCUT2D eigenvalue weighted by Gasteiger charge is -2.12. The van der Waals surface area contributed by atoms with E-state index in [0.717, 1.165) is 23.1 Å². The lowest BCUT2D eigenvalue weighted by atomic mass is 10.1. The van der Waals surface area contributed by atoms with Gasteiger partial charge in [-0.05, 0) is 31.0 Å². The molecule has 1 nitrogen and oxygen atoms in total. The molecule has 1 aromatic carbocycles. The Kier molecular flexibility index (Phi) is 6.17. The fourth-order valence-electron chi connectivity index (χ4n) is 1.33. The lowest BCUT2D eigenvalue weighted by molar-refractivity contribution is 0.726. The van der Waals surface area contributed by atoms with Gasteiger partial charge in [-0.1, -0.05) is 41.1 Å². The van der Waals surface area contributed by atoms with Crippen molar-refractivity contribution in [2.24, 2.45) is 5.73 Å². The van der Waals surface area contributed by atoms with Crippen LogP contribution in [0.4, 0.5) is 0 Å². The third-order valence-corrected chi connectivity index (χ3v) is 3.99. The van der Waals surface area contributed by atoms with Crippen LogP contribution in [-0.2, 0) is 0 Å². The summed E-state index contributed by atoms with van der Waals surface area (Å²) in [6, 6.07) is 8.51. The van der Waals surface area contributed by atoms with Gasteiger partial charge in [0.25, 0.3) is 0 Å². The van der Waals surface area contributed by atoms with Crippen LogP contribution in [0.3, 0.4) is 0 Å². The largest absolute Gasteiger partial charge is 0.327 e. The standard InChI is InChI=1S/C13H18BrNS/c1-3-10(2)7-12(15)9-16-13-6-4-5-11(14)8-13/h4-6,8,12H,2-3,7,9,15H2,1H3. The number of benzene rings is 1. The average Bonchev–Trinajstić information content (AvgIpc) is 2.26. The van der Waals surface area contributed by atoms with Gasteiger partial charge in [0, 0.05) is 21.2 Å². The van der Waals surface area contributed by atoms with Gasteiger partial charge in [0.1, 0.15) is 0 Å². The smallest absolute Gasteiger partial charge is 0.0186 e. The number of hydrogen-bond donors (Lipinski definition) is 1. The summed E-state index contributed by atoms with van der Waals surface area (Å²) in [5.41, 5.74) is 7.28. The summed E-state index contributed by atoms with van der Waals surface area (Å²) in [6.07, 6.45) is 1.95. The Hall–Kier alpha value is -0.250. The third kappa shape index (κ3) is 5.19. The highest BCUT2D eigenvalue weighted by Gasteiger charge is 2.05. The molecule has 0 saturated heterocycles. The summed E-state index contributed by atoms with van der Waals surface area (Å²) < 4.78 is 1.11. The van der Waals surface area contributed by atoms with Crippen LogP contribution < -0.4 is 5.73 Å². The second kappa shape index (κ2) is 7.15. The summed E-state index contributed by atoms with van der Waals surface area (Å²) in [5.74, 6) is 0.940. The molecule has 1 rings (SSSR count). The van der Waals surface area contributed by atoms with Crippen molar-refractivity contribution in [3.8, 4) is 0 Å². The van der Waals surface area contributed by atoms with Crippen LogP contribution in [0.15, 0.2) is 45.8 Å². The second-order valence-corrected chi connectivity index (χ2v) is 5.85. The van der Waals surface area contributed by atoms with Gasteiger partial charge in [-0.25, -0.2) is 0 Å². The molecule has 0 spiro atoms. The molecular formula is C13H18BrNS. The highest BCUT2D eigenvalue weighted by Crippen LogP contribution is 2.23. The first-order valence-corrected chi connectivity index (χ1v) is 7.20. The highest BCUT2D eigenvalue weighted by atomic mass is 79.9. The van der Waals surface area contributed by atoms with Crippen molar-refractivity contribution in [2.75, 3.05) is 5.75 Å². The zero-order chi connectivity index (χ0) is 12.0. The molecule has 2 N–H and O–H groups in total. The molecule has 0 saturated carbocycles. The molecule has 0 aliphatic heterocycles. The van der Waals surface area contributed by atoms with Crippen LogP contribution in [0, 0.1) is 0 Å². The van der Waals surface area contributed by atoms with Crippen LogP contribution in [0.25, 0.3) is 0 Å². The van der Waals surface area contributed by atoms with E-state index in [1.807, 2.05) is 12.1 Å². The molecule has 1 atom stereocenters. The van der Waals surface area contributed by atoms with Gasteiger partial charge < -0.3 is 5.73 Å².